The molecular formula is C29H50N4O2. The fourth-order valence-corrected chi connectivity index (χ4v) is 4.53. The Bertz CT molecular complexity index is 743. The molecule has 0 atom stereocenters. The highest BCUT2D eigenvalue weighted by Crippen LogP contribution is 2.25. The maximum Gasteiger partial charge on any atom is 0.293 e. The Balaban J connectivity index is 2.02. The molecule has 35 heavy (non-hydrogen) atoms. The van der Waals surface area contributed by atoms with Crippen molar-refractivity contribution in [2.75, 3.05) is 18.4 Å². The first-order valence-corrected chi connectivity index (χ1v) is 14.1. The number of unbranched alkanes of at least 4 members (excludes halogenated alkanes) is 14. The van der Waals surface area contributed by atoms with Crippen LogP contribution in [0.5, 0.6) is 0 Å². The zero-order chi connectivity index (χ0) is 25.8. The van der Waals surface area contributed by atoms with Crippen LogP contribution in [-0.4, -0.2) is 23.6 Å². The van der Waals surface area contributed by atoms with Gasteiger partial charge in [0, 0.05) is 24.7 Å². The summed E-state index contributed by atoms with van der Waals surface area (Å²) >= 11 is 0. The summed E-state index contributed by atoms with van der Waals surface area (Å²) in [6.45, 7) is 8.04. The molecular weight excluding hydrogens is 436 g/mol. The number of hydrogen-bond donors (Lipinski definition) is 2. The number of nitro groups is 1. The molecule has 0 spiro atoms. The van der Waals surface area contributed by atoms with Crippen LogP contribution in [0.4, 0.5) is 11.4 Å². The number of hydrogen-bond acceptors (Lipinski definition) is 5. The first kappa shape index (κ1) is 30.9. The van der Waals surface area contributed by atoms with Crippen LogP contribution in [0.25, 0.3) is 0 Å². The minimum absolute atomic E-state index is 0.0504. The van der Waals surface area contributed by atoms with Gasteiger partial charge in [0.15, 0.2) is 0 Å². The van der Waals surface area contributed by atoms with E-state index in [1.54, 1.807) is 12.1 Å². The second-order valence-corrected chi connectivity index (χ2v) is 10.5. The van der Waals surface area contributed by atoms with Gasteiger partial charge in [-0.05, 0) is 32.4 Å². The summed E-state index contributed by atoms with van der Waals surface area (Å²) in [6.07, 6.45) is 21.8. The summed E-state index contributed by atoms with van der Waals surface area (Å²) in [5.74, 6) is 0. The number of nitro benzene ring substituents is 1. The van der Waals surface area contributed by atoms with Gasteiger partial charge in [0.1, 0.15) is 5.69 Å². The van der Waals surface area contributed by atoms with Crippen molar-refractivity contribution in [1.82, 2.24) is 5.32 Å². The number of benzene rings is 1. The van der Waals surface area contributed by atoms with Crippen molar-refractivity contribution in [1.29, 1.82) is 5.26 Å². The Kier molecular flexibility index (Phi) is 16.9. The lowest BCUT2D eigenvalue weighted by molar-refractivity contribution is -0.384. The molecule has 0 radical (unpaired) electrons. The fourth-order valence-electron chi connectivity index (χ4n) is 4.53. The van der Waals surface area contributed by atoms with E-state index in [0.29, 0.717) is 17.8 Å². The molecule has 0 amide bonds. The molecule has 0 aliphatic carbocycles. The van der Waals surface area contributed by atoms with Crippen LogP contribution in [0.2, 0.25) is 0 Å². The van der Waals surface area contributed by atoms with Gasteiger partial charge in [-0.2, -0.15) is 5.26 Å². The maximum atomic E-state index is 11.2. The Morgan fingerprint density at radius 1 is 0.857 bits per heavy atom. The number of anilines is 1. The standard InChI is InChI=1S/C29H50N4O2/c1-4-5-6-7-8-9-10-11-12-13-14-15-16-17-18-21-29(2,3)32-23-22-31-27-20-19-26(25-30)24-28(27)33(34)35/h19-20,24,31-32H,4-18,21-23H2,1-3H3. The molecule has 0 unspecified atom stereocenters. The Morgan fingerprint density at radius 3 is 1.86 bits per heavy atom. The van der Waals surface area contributed by atoms with E-state index in [-0.39, 0.29) is 11.2 Å². The molecule has 198 valence electrons. The van der Waals surface area contributed by atoms with Gasteiger partial charge in [-0.3, -0.25) is 10.1 Å². The highest BCUT2D eigenvalue weighted by molar-refractivity contribution is 5.64. The summed E-state index contributed by atoms with van der Waals surface area (Å²) in [4.78, 5) is 10.8. The Morgan fingerprint density at radius 2 is 1.37 bits per heavy atom. The molecule has 0 aromatic heterocycles. The third-order valence-electron chi connectivity index (χ3n) is 6.77. The normalized spacial score (nSPS) is 11.4. The van der Waals surface area contributed by atoms with E-state index in [9.17, 15) is 10.1 Å². The lowest BCUT2D eigenvalue weighted by Crippen LogP contribution is -2.41. The predicted molar refractivity (Wildman–Crippen MR) is 148 cm³/mol. The molecule has 0 heterocycles. The van der Waals surface area contributed by atoms with Crippen molar-refractivity contribution in [3.63, 3.8) is 0 Å². The van der Waals surface area contributed by atoms with Gasteiger partial charge in [-0.15, -0.1) is 0 Å². The van der Waals surface area contributed by atoms with Gasteiger partial charge in [0.25, 0.3) is 5.69 Å². The molecule has 0 fully saturated rings. The van der Waals surface area contributed by atoms with Crippen molar-refractivity contribution >= 4 is 11.4 Å². The quantitative estimate of drug-likeness (QED) is 0.0973. The lowest BCUT2D eigenvalue weighted by Gasteiger charge is -2.26. The van der Waals surface area contributed by atoms with Crippen LogP contribution in [0.15, 0.2) is 18.2 Å². The average Bonchev–Trinajstić information content (AvgIpc) is 2.84. The number of nitrogens with zero attached hydrogens (tertiary/aromatic N) is 2. The van der Waals surface area contributed by atoms with Gasteiger partial charge in [-0.25, -0.2) is 0 Å². The number of nitrogens with one attached hydrogen (secondary N) is 2. The first-order valence-electron chi connectivity index (χ1n) is 14.1. The third-order valence-corrected chi connectivity index (χ3v) is 6.77. The smallest absolute Gasteiger partial charge is 0.293 e. The first-order chi connectivity index (χ1) is 16.9. The van der Waals surface area contributed by atoms with Gasteiger partial charge in [-0.1, -0.05) is 103 Å². The summed E-state index contributed by atoms with van der Waals surface area (Å²) in [6, 6.07) is 6.47. The van der Waals surface area contributed by atoms with E-state index in [0.717, 1.165) is 13.0 Å². The van der Waals surface area contributed by atoms with Crippen molar-refractivity contribution < 1.29 is 4.92 Å². The molecule has 6 heteroatoms. The molecule has 0 saturated carbocycles. The van der Waals surface area contributed by atoms with E-state index in [1.807, 2.05) is 6.07 Å². The zero-order valence-corrected chi connectivity index (χ0v) is 22.7. The zero-order valence-electron chi connectivity index (χ0n) is 22.7. The van der Waals surface area contributed by atoms with Crippen molar-refractivity contribution in [2.45, 2.75) is 129 Å². The van der Waals surface area contributed by atoms with Crippen LogP contribution in [-0.2, 0) is 0 Å². The molecule has 2 N–H and O–H groups in total. The van der Waals surface area contributed by atoms with Crippen LogP contribution >= 0.6 is 0 Å². The highest BCUT2D eigenvalue weighted by Gasteiger charge is 2.17. The number of rotatable bonds is 22. The molecule has 0 aliphatic heterocycles. The SMILES string of the molecule is CCCCCCCCCCCCCCCCCC(C)(C)NCCNc1ccc(C#N)cc1[N+](=O)[O-]. The third kappa shape index (κ3) is 15.5. The number of nitriles is 1. The topological polar surface area (TPSA) is 91.0 Å². The summed E-state index contributed by atoms with van der Waals surface area (Å²) in [7, 11) is 0. The highest BCUT2D eigenvalue weighted by atomic mass is 16.6. The van der Waals surface area contributed by atoms with Gasteiger partial charge in [0.05, 0.1) is 16.6 Å². The van der Waals surface area contributed by atoms with E-state index in [4.69, 9.17) is 5.26 Å². The summed E-state index contributed by atoms with van der Waals surface area (Å²) < 4.78 is 0. The van der Waals surface area contributed by atoms with Gasteiger partial charge in [0.2, 0.25) is 0 Å². The van der Waals surface area contributed by atoms with Crippen molar-refractivity contribution in [3.05, 3.63) is 33.9 Å². The molecule has 6 nitrogen and oxygen atoms in total. The average molecular weight is 487 g/mol. The summed E-state index contributed by atoms with van der Waals surface area (Å²) in [5, 5.41) is 26.9. The van der Waals surface area contributed by atoms with Crippen LogP contribution in [0, 0.1) is 21.4 Å². The molecule has 1 rings (SSSR count). The minimum atomic E-state index is -0.447. The molecule has 0 saturated heterocycles. The Hall–Kier alpha value is -2.13. The molecule has 1 aromatic rings. The Labute approximate surface area is 214 Å². The second kappa shape index (κ2) is 19.1. The van der Waals surface area contributed by atoms with Gasteiger partial charge < -0.3 is 10.6 Å². The molecule has 1 aromatic carbocycles. The second-order valence-electron chi connectivity index (χ2n) is 10.5. The predicted octanol–water partition coefficient (Wildman–Crippen LogP) is 8.51. The van der Waals surface area contributed by atoms with Crippen molar-refractivity contribution in [3.8, 4) is 6.07 Å². The van der Waals surface area contributed by atoms with E-state index in [2.05, 4.69) is 31.4 Å². The monoisotopic (exact) mass is 486 g/mol. The lowest BCUT2D eigenvalue weighted by atomic mass is 9.96. The van der Waals surface area contributed by atoms with Crippen LogP contribution in [0.1, 0.15) is 129 Å². The van der Waals surface area contributed by atoms with Gasteiger partial charge >= 0.3 is 0 Å². The van der Waals surface area contributed by atoms with E-state index in [1.165, 1.54) is 102 Å². The van der Waals surface area contributed by atoms with E-state index >= 15 is 0 Å². The molecule has 0 aliphatic rings. The minimum Gasteiger partial charge on any atom is -0.378 e. The largest absolute Gasteiger partial charge is 0.378 e. The van der Waals surface area contributed by atoms with Crippen molar-refractivity contribution in [2.24, 2.45) is 0 Å². The summed E-state index contributed by atoms with van der Waals surface area (Å²) in [5.41, 5.74) is 0.747. The van der Waals surface area contributed by atoms with Crippen LogP contribution < -0.4 is 10.6 Å². The van der Waals surface area contributed by atoms with Crippen LogP contribution in [0.3, 0.4) is 0 Å². The van der Waals surface area contributed by atoms with E-state index < -0.39 is 4.92 Å². The molecule has 0 bridgehead atoms. The maximum absolute atomic E-state index is 11.2. The fraction of sp³-hybridized carbons (Fsp3) is 0.759.